The van der Waals surface area contributed by atoms with Crippen LogP contribution in [0, 0.1) is 5.92 Å². The molecular weight excluding hydrogens is 546 g/mol. The molecule has 3 unspecified atom stereocenters. The molecule has 40 heavy (non-hydrogen) atoms. The van der Waals surface area contributed by atoms with Crippen LogP contribution in [0.2, 0.25) is 5.02 Å². The monoisotopic (exact) mass is 574 g/mol. The fourth-order valence-electron chi connectivity index (χ4n) is 6.21. The molecule has 1 saturated carbocycles. The summed E-state index contributed by atoms with van der Waals surface area (Å²) in [7, 11) is 1.59. The van der Waals surface area contributed by atoms with Crippen LogP contribution in [0.1, 0.15) is 25.7 Å². The summed E-state index contributed by atoms with van der Waals surface area (Å²) in [5, 5.41) is 17.3. The average Bonchev–Trinajstić information content (AvgIpc) is 3.76. The number of alkyl halides is 2. The van der Waals surface area contributed by atoms with Crippen LogP contribution in [0.5, 0.6) is 5.75 Å². The zero-order valence-electron chi connectivity index (χ0n) is 21.7. The van der Waals surface area contributed by atoms with Crippen molar-refractivity contribution in [3.8, 4) is 5.75 Å². The van der Waals surface area contributed by atoms with Crippen molar-refractivity contribution in [2.75, 3.05) is 35.4 Å². The van der Waals surface area contributed by atoms with Gasteiger partial charge in [-0.25, -0.2) is 13.8 Å². The van der Waals surface area contributed by atoms with Gasteiger partial charge < -0.3 is 34.7 Å². The predicted octanol–water partition coefficient (Wildman–Crippen LogP) is 3.67. The van der Waals surface area contributed by atoms with Gasteiger partial charge in [-0.15, -0.1) is 0 Å². The lowest BCUT2D eigenvalue weighted by molar-refractivity contribution is -0.0579. The molecule has 3 aromatic rings. The van der Waals surface area contributed by atoms with Crippen molar-refractivity contribution in [2.24, 2.45) is 13.0 Å². The van der Waals surface area contributed by atoms with E-state index in [4.69, 9.17) is 26.1 Å². The van der Waals surface area contributed by atoms with Gasteiger partial charge in [-0.3, -0.25) is 4.79 Å². The first kappa shape index (κ1) is 25.7. The third-order valence-corrected chi connectivity index (χ3v) is 8.61. The van der Waals surface area contributed by atoms with E-state index < -0.39 is 24.1 Å². The molecule has 10 nitrogen and oxygen atoms in total. The first-order chi connectivity index (χ1) is 19.2. The number of rotatable bonds is 4. The number of ether oxygens (including phenoxy) is 2. The Morgan fingerprint density at radius 3 is 2.70 bits per heavy atom. The zero-order valence-corrected chi connectivity index (χ0v) is 22.5. The maximum atomic E-state index is 15.0. The van der Waals surface area contributed by atoms with Crippen molar-refractivity contribution in [2.45, 2.75) is 55.8 Å². The molecule has 2 aromatic heterocycles. The van der Waals surface area contributed by atoms with E-state index in [9.17, 15) is 18.7 Å². The van der Waals surface area contributed by atoms with Crippen LogP contribution in [-0.2, 0) is 11.8 Å². The molecule has 3 fully saturated rings. The molecule has 7 rings (SSSR count). The van der Waals surface area contributed by atoms with Crippen molar-refractivity contribution in [3.05, 3.63) is 39.8 Å². The molecule has 3 atom stereocenters. The number of hydrogen-bond acceptors (Lipinski definition) is 9. The molecule has 2 bridgehead atoms. The van der Waals surface area contributed by atoms with Crippen molar-refractivity contribution in [1.29, 1.82) is 0 Å². The van der Waals surface area contributed by atoms with Crippen LogP contribution in [-0.4, -0.2) is 69.6 Å². The summed E-state index contributed by atoms with van der Waals surface area (Å²) in [6.45, 7) is 0.103. The molecular formula is C27H29ClF2N6O4. The number of nitrogens with zero attached hydrogens (tertiary/aromatic N) is 4. The number of nitrogens with one attached hydrogen (secondary N) is 2. The Kier molecular flexibility index (Phi) is 6.06. The second-order valence-electron chi connectivity index (χ2n) is 11.2. The standard InChI is InChI=1S/C27H29ClF2N6O4/c1-35-20-5-4-14(6-18(20)21-22(25(35)38)40-12-27(29,30)23(33-21)13-2-3-13)32-24-19(28)9-31-26(34-24)36-15-7-17(37)8-16(36)11-39-10-15/h4-6,9,13,15-17,23,33,37H,2-3,7-8,10-12H2,1H3,(H,31,32,34). The van der Waals surface area contributed by atoms with E-state index in [1.165, 1.54) is 10.8 Å². The van der Waals surface area contributed by atoms with Crippen molar-refractivity contribution in [1.82, 2.24) is 14.5 Å². The lowest BCUT2D eigenvalue weighted by Gasteiger charge is -2.47. The van der Waals surface area contributed by atoms with E-state index in [-0.39, 0.29) is 35.5 Å². The summed E-state index contributed by atoms with van der Waals surface area (Å²) in [6.07, 6.45) is 3.68. The summed E-state index contributed by atoms with van der Waals surface area (Å²) in [4.78, 5) is 24.3. The normalized spacial score (nSPS) is 27.4. The van der Waals surface area contributed by atoms with Gasteiger partial charge in [0.1, 0.15) is 5.02 Å². The van der Waals surface area contributed by atoms with E-state index in [0.717, 1.165) is 0 Å². The quantitative estimate of drug-likeness (QED) is 0.429. The number of aryl methyl sites for hydroxylation is 1. The molecule has 212 valence electrons. The van der Waals surface area contributed by atoms with Crippen LogP contribution >= 0.6 is 11.6 Å². The van der Waals surface area contributed by atoms with Crippen molar-refractivity contribution in [3.63, 3.8) is 0 Å². The van der Waals surface area contributed by atoms with Gasteiger partial charge in [0.15, 0.2) is 12.4 Å². The Hall–Kier alpha value is -3.22. The summed E-state index contributed by atoms with van der Waals surface area (Å²) in [6, 6.07) is 4.09. The minimum Gasteiger partial charge on any atom is -0.480 e. The maximum Gasteiger partial charge on any atom is 0.301 e. The number of fused-ring (bicyclic) bond motifs is 5. The Balaban J connectivity index is 1.26. The molecule has 5 heterocycles. The molecule has 0 radical (unpaired) electrons. The molecule has 2 saturated heterocycles. The van der Waals surface area contributed by atoms with Crippen LogP contribution in [0.3, 0.4) is 0 Å². The number of halogens is 3. The molecule has 3 N–H and O–H groups in total. The van der Waals surface area contributed by atoms with Crippen molar-refractivity contribution < 1.29 is 23.4 Å². The highest BCUT2D eigenvalue weighted by molar-refractivity contribution is 6.33. The van der Waals surface area contributed by atoms with E-state index in [0.29, 0.717) is 72.3 Å². The number of aliphatic hydroxyl groups excluding tert-OH is 1. The number of aliphatic hydroxyl groups is 1. The van der Waals surface area contributed by atoms with E-state index in [2.05, 4.69) is 20.5 Å². The smallest absolute Gasteiger partial charge is 0.301 e. The van der Waals surface area contributed by atoms with Crippen LogP contribution in [0.4, 0.5) is 31.9 Å². The zero-order chi connectivity index (χ0) is 27.8. The Labute approximate surface area is 233 Å². The van der Waals surface area contributed by atoms with Gasteiger partial charge in [0.25, 0.3) is 5.56 Å². The average molecular weight is 575 g/mol. The number of piperidine rings is 1. The highest BCUT2D eigenvalue weighted by Crippen LogP contribution is 2.45. The second kappa shape index (κ2) is 9.42. The second-order valence-corrected chi connectivity index (χ2v) is 11.6. The number of morpholine rings is 1. The Morgan fingerprint density at radius 1 is 1.23 bits per heavy atom. The predicted molar refractivity (Wildman–Crippen MR) is 146 cm³/mol. The van der Waals surface area contributed by atoms with Gasteiger partial charge in [0.05, 0.1) is 54.8 Å². The summed E-state index contributed by atoms with van der Waals surface area (Å²) < 4.78 is 42.5. The number of pyridine rings is 1. The van der Waals surface area contributed by atoms with E-state index in [1.54, 1.807) is 25.2 Å². The fourth-order valence-corrected chi connectivity index (χ4v) is 6.34. The van der Waals surface area contributed by atoms with Crippen molar-refractivity contribution >= 4 is 45.6 Å². The molecule has 0 amide bonds. The highest BCUT2D eigenvalue weighted by atomic mass is 35.5. The Morgan fingerprint density at radius 2 is 1.98 bits per heavy atom. The maximum absolute atomic E-state index is 15.0. The topological polar surface area (TPSA) is 114 Å². The third-order valence-electron chi connectivity index (χ3n) is 8.33. The molecule has 4 aliphatic rings. The van der Waals surface area contributed by atoms with Gasteiger partial charge in [-0.2, -0.15) is 4.98 Å². The first-order valence-corrected chi connectivity index (χ1v) is 13.8. The Bertz CT molecular complexity index is 1540. The van der Waals surface area contributed by atoms with Crippen LogP contribution < -0.4 is 25.8 Å². The summed E-state index contributed by atoms with van der Waals surface area (Å²) in [5.41, 5.74) is 0.954. The molecule has 1 aromatic carbocycles. The van der Waals surface area contributed by atoms with Crippen LogP contribution in [0.25, 0.3) is 10.9 Å². The minimum atomic E-state index is -3.12. The van der Waals surface area contributed by atoms with Gasteiger partial charge in [0.2, 0.25) is 11.7 Å². The van der Waals surface area contributed by atoms with Gasteiger partial charge in [-0.1, -0.05) is 11.6 Å². The lowest BCUT2D eigenvalue weighted by atomic mass is 9.92. The summed E-state index contributed by atoms with van der Waals surface area (Å²) in [5.74, 6) is -2.55. The number of benzene rings is 1. The van der Waals surface area contributed by atoms with Crippen LogP contribution in [0.15, 0.2) is 29.2 Å². The van der Waals surface area contributed by atoms with Gasteiger partial charge in [0, 0.05) is 18.1 Å². The fraction of sp³-hybridized carbons (Fsp3) is 0.519. The van der Waals surface area contributed by atoms with E-state index >= 15 is 0 Å². The largest absolute Gasteiger partial charge is 0.480 e. The third kappa shape index (κ3) is 4.33. The lowest BCUT2D eigenvalue weighted by Crippen LogP contribution is -2.59. The summed E-state index contributed by atoms with van der Waals surface area (Å²) >= 11 is 6.49. The minimum absolute atomic E-state index is 0.0439. The number of aromatic nitrogens is 3. The highest BCUT2D eigenvalue weighted by Gasteiger charge is 2.51. The van der Waals surface area contributed by atoms with Gasteiger partial charge in [-0.05, 0) is 49.8 Å². The van der Waals surface area contributed by atoms with E-state index in [1.807, 2.05) is 0 Å². The first-order valence-electron chi connectivity index (χ1n) is 13.5. The number of hydrogen-bond donors (Lipinski definition) is 3. The molecule has 13 heteroatoms. The SMILES string of the molecule is Cn1c(=O)c2c(c3cc(Nc4nc(N5C6COCC5CC(O)C6)ncc4Cl)ccc31)NC(C1CC1)C(F)(F)CO2. The molecule has 1 aliphatic carbocycles. The van der Waals surface area contributed by atoms with Gasteiger partial charge >= 0.3 is 5.92 Å². The molecule has 3 aliphatic heterocycles. The molecule has 0 spiro atoms. The number of anilines is 4.